The molecule has 0 fully saturated rings. The second-order valence-electron chi connectivity index (χ2n) is 5.09. The van der Waals surface area contributed by atoms with Gasteiger partial charge in [0.2, 0.25) is 11.8 Å². The van der Waals surface area contributed by atoms with Crippen LogP contribution in [0.25, 0.3) is 0 Å². The molecule has 0 spiro atoms. The van der Waals surface area contributed by atoms with Gasteiger partial charge in [-0.05, 0) is 19.1 Å². The van der Waals surface area contributed by atoms with E-state index < -0.39 is 11.9 Å². The minimum atomic E-state index is -0.934. The molecule has 7 nitrogen and oxygen atoms in total. The predicted octanol–water partition coefficient (Wildman–Crippen LogP) is 1.53. The highest BCUT2D eigenvalue weighted by atomic mass is 32.1. The van der Waals surface area contributed by atoms with Crippen LogP contribution in [0.15, 0.2) is 30.5 Å². The smallest absolute Gasteiger partial charge is 0.254 e. The van der Waals surface area contributed by atoms with Crippen molar-refractivity contribution in [2.24, 2.45) is 0 Å². The number of nitrogens with one attached hydrogen (secondary N) is 3. The van der Waals surface area contributed by atoms with E-state index in [2.05, 4.69) is 20.9 Å². The number of rotatable bonds is 3. The quantitative estimate of drug-likeness (QED) is 0.794. The van der Waals surface area contributed by atoms with Crippen LogP contribution in [-0.4, -0.2) is 28.7 Å². The number of hydrogen-bond donors (Lipinski definition) is 3. The minimum absolute atomic E-state index is 0.163. The molecule has 1 aromatic carbocycles. The zero-order valence-electron chi connectivity index (χ0n) is 12.3. The Morgan fingerprint density at radius 1 is 1.35 bits per heavy atom. The van der Waals surface area contributed by atoms with Crippen molar-refractivity contribution in [3.8, 4) is 0 Å². The third-order valence-electron chi connectivity index (χ3n) is 3.31. The number of fused-ring (bicyclic) bond motifs is 1. The van der Waals surface area contributed by atoms with E-state index in [9.17, 15) is 14.4 Å². The standard InChI is InChI=1S/C15H14N4O3S/c1-8-7-16-15(23-8)19-12(20)6-11-14(22)17-10-5-3-2-4-9(10)13(21)18-11/h2-5,7,11H,6H2,1H3,(H,17,22)(H,18,21)(H,16,19,20)/t11-/m0/s1. The Kier molecular flexibility index (Phi) is 4.07. The Bertz CT molecular complexity index is 787. The summed E-state index contributed by atoms with van der Waals surface area (Å²) in [6.45, 7) is 1.88. The van der Waals surface area contributed by atoms with E-state index in [1.54, 1.807) is 30.5 Å². The summed E-state index contributed by atoms with van der Waals surface area (Å²) >= 11 is 1.34. The monoisotopic (exact) mass is 330 g/mol. The van der Waals surface area contributed by atoms with Gasteiger partial charge in [-0.25, -0.2) is 4.98 Å². The Labute approximate surface area is 136 Å². The molecule has 3 rings (SSSR count). The summed E-state index contributed by atoms with van der Waals surface area (Å²) in [6.07, 6.45) is 1.49. The van der Waals surface area contributed by atoms with E-state index in [0.29, 0.717) is 16.4 Å². The first-order chi connectivity index (χ1) is 11.0. The first-order valence-electron chi connectivity index (χ1n) is 6.96. The Morgan fingerprint density at radius 3 is 2.87 bits per heavy atom. The van der Waals surface area contributed by atoms with Gasteiger partial charge in [0.25, 0.3) is 5.91 Å². The number of aromatic nitrogens is 1. The van der Waals surface area contributed by atoms with Crippen molar-refractivity contribution in [3.63, 3.8) is 0 Å². The maximum absolute atomic E-state index is 12.2. The Morgan fingerprint density at radius 2 is 2.13 bits per heavy atom. The van der Waals surface area contributed by atoms with E-state index in [-0.39, 0.29) is 18.2 Å². The number of amides is 3. The van der Waals surface area contributed by atoms with Gasteiger partial charge < -0.3 is 16.0 Å². The van der Waals surface area contributed by atoms with Crippen LogP contribution in [-0.2, 0) is 9.59 Å². The number of aryl methyl sites for hydroxylation is 1. The second-order valence-corrected chi connectivity index (χ2v) is 6.32. The average Bonchev–Trinajstić information content (AvgIpc) is 2.86. The number of hydrogen-bond acceptors (Lipinski definition) is 5. The van der Waals surface area contributed by atoms with Crippen LogP contribution in [0.3, 0.4) is 0 Å². The average molecular weight is 330 g/mol. The van der Waals surface area contributed by atoms with Gasteiger partial charge in [-0.15, -0.1) is 11.3 Å². The van der Waals surface area contributed by atoms with E-state index >= 15 is 0 Å². The van der Waals surface area contributed by atoms with Gasteiger partial charge in [-0.2, -0.15) is 0 Å². The number of nitrogens with zero attached hydrogens (tertiary/aromatic N) is 1. The maximum Gasteiger partial charge on any atom is 0.254 e. The second kappa shape index (κ2) is 6.17. The number of anilines is 2. The molecule has 0 unspecified atom stereocenters. The van der Waals surface area contributed by atoms with Crippen LogP contribution in [0.4, 0.5) is 10.8 Å². The molecule has 0 radical (unpaired) electrons. The SMILES string of the molecule is Cc1cnc(NC(=O)C[C@@H]2NC(=O)c3ccccc3NC2=O)s1. The summed E-state index contributed by atoms with van der Waals surface area (Å²) < 4.78 is 0. The van der Waals surface area contributed by atoms with Gasteiger partial charge in [0.15, 0.2) is 5.13 Å². The van der Waals surface area contributed by atoms with Crippen molar-refractivity contribution in [2.75, 3.05) is 10.6 Å². The van der Waals surface area contributed by atoms with Crippen LogP contribution < -0.4 is 16.0 Å². The highest BCUT2D eigenvalue weighted by Crippen LogP contribution is 2.20. The van der Waals surface area contributed by atoms with Crippen molar-refractivity contribution in [3.05, 3.63) is 40.9 Å². The van der Waals surface area contributed by atoms with Gasteiger partial charge in [-0.3, -0.25) is 14.4 Å². The lowest BCUT2D eigenvalue weighted by Gasteiger charge is -2.13. The first kappa shape index (κ1) is 15.2. The number of benzene rings is 1. The molecule has 0 saturated heterocycles. The molecule has 2 aromatic rings. The molecule has 2 heterocycles. The van der Waals surface area contributed by atoms with Gasteiger partial charge in [0.05, 0.1) is 17.7 Å². The van der Waals surface area contributed by atoms with Crippen molar-refractivity contribution < 1.29 is 14.4 Å². The molecule has 8 heteroatoms. The molecular weight excluding hydrogens is 316 g/mol. The fourth-order valence-corrected chi connectivity index (χ4v) is 2.90. The van der Waals surface area contributed by atoms with Crippen LogP contribution in [0.2, 0.25) is 0 Å². The van der Waals surface area contributed by atoms with Crippen molar-refractivity contribution >= 4 is 39.9 Å². The molecule has 1 aliphatic rings. The lowest BCUT2D eigenvalue weighted by molar-refractivity contribution is -0.122. The predicted molar refractivity (Wildman–Crippen MR) is 86.4 cm³/mol. The Balaban J connectivity index is 1.70. The molecule has 1 aromatic heterocycles. The van der Waals surface area contributed by atoms with Gasteiger partial charge in [0.1, 0.15) is 6.04 Å². The normalized spacial score (nSPS) is 16.8. The van der Waals surface area contributed by atoms with E-state index in [1.807, 2.05) is 6.92 Å². The van der Waals surface area contributed by atoms with Gasteiger partial charge in [0, 0.05) is 11.1 Å². The minimum Gasteiger partial charge on any atom is -0.340 e. The molecule has 23 heavy (non-hydrogen) atoms. The maximum atomic E-state index is 12.2. The van der Waals surface area contributed by atoms with Crippen LogP contribution in [0, 0.1) is 6.92 Å². The molecule has 1 atom stereocenters. The number of carbonyl (C=O) groups excluding carboxylic acids is 3. The van der Waals surface area contributed by atoms with Crippen LogP contribution >= 0.6 is 11.3 Å². The Hall–Kier alpha value is -2.74. The lowest BCUT2D eigenvalue weighted by Crippen LogP contribution is -2.43. The number of para-hydroxylation sites is 1. The lowest BCUT2D eigenvalue weighted by atomic mass is 10.1. The molecule has 0 bridgehead atoms. The van der Waals surface area contributed by atoms with E-state index in [0.717, 1.165) is 4.88 Å². The molecule has 1 aliphatic heterocycles. The topological polar surface area (TPSA) is 100 Å². The van der Waals surface area contributed by atoms with Crippen LogP contribution in [0.5, 0.6) is 0 Å². The molecule has 0 saturated carbocycles. The number of thiazole rings is 1. The summed E-state index contributed by atoms with van der Waals surface area (Å²) in [5, 5.41) is 8.33. The van der Waals surface area contributed by atoms with Crippen LogP contribution in [0.1, 0.15) is 21.7 Å². The number of carbonyl (C=O) groups is 3. The van der Waals surface area contributed by atoms with E-state index in [4.69, 9.17) is 0 Å². The fraction of sp³-hybridized carbons (Fsp3) is 0.200. The summed E-state index contributed by atoms with van der Waals surface area (Å²) in [7, 11) is 0. The van der Waals surface area contributed by atoms with Gasteiger partial charge >= 0.3 is 0 Å². The summed E-state index contributed by atoms with van der Waals surface area (Å²) in [5.74, 6) is -1.19. The fourth-order valence-electron chi connectivity index (χ4n) is 2.22. The van der Waals surface area contributed by atoms with E-state index in [1.165, 1.54) is 11.3 Å². The summed E-state index contributed by atoms with van der Waals surface area (Å²) in [5.41, 5.74) is 0.813. The largest absolute Gasteiger partial charge is 0.340 e. The summed E-state index contributed by atoms with van der Waals surface area (Å²) in [4.78, 5) is 41.4. The molecule has 3 N–H and O–H groups in total. The molecule has 3 amide bonds. The molecular formula is C15H14N4O3S. The highest BCUT2D eigenvalue weighted by Gasteiger charge is 2.29. The molecule has 118 valence electrons. The van der Waals surface area contributed by atoms with Crippen molar-refractivity contribution in [1.82, 2.24) is 10.3 Å². The molecule has 0 aliphatic carbocycles. The summed E-state index contributed by atoms with van der Waals surface area (Å²) in [6, 6.07) is 5.77. The zero-order valence-corrected chi connectivity index (χ0v) is 13.1. The van der Waals surface area contributed by atoms with Crippen molar-refractivity contribution in [1.29, 1.82) is 0 Å². The third-order valence-corrected chi connectivity index (χ3v) is 4.14. The third kappa shape index (κ3) is 3.37. The first-order valence-corrected chi connectivity index (χ1v) is 7.77. The highest BCUT2D eigenvalue weighted by molar-refractivity contribution is 7.15. The van der Waals surface area contributed by atoms with Gasteiger partial charge in [-0.1, -0.05) is 12.1 Å². The van der Waals surface area contributed by atoms with Crippen molar-refractivity contribution in [2.45, 2.75) is 19.4 Å². The zero-order chi connectivity index (χ0) is 16.4.